The van der Waals surface area contributed by atoms with Crippen molar-refractivity contribution in [3.63, 3.8) is 0 Å². The monoisotopic (exact) mass is 331 g/mol. The number of hydrogen-bond acceptors (Lipinski definition) is 3. The van der Waals surface area contributed by atoms with Gasteiger partial charge in [-0.3, -0.25) is 0 Å². The van der Waals surface area contributed by atoms with Gasteiger partial charge in [0, 0.05) is 37.9 Å². The van der Waals surface area contributed by atoms with E-state index in [9.17, 15) is 5.11 Å². The summed E-state index contributed by atoms with van der Waals surface area (Å²) in [5.41, 5.74) is 1.18. The fourth-order valence-corrected chi connectivity index (χ4v) is 4.84. The van der Waals surface area contributed by atoms with E-state index in [0.717, 1.165) is 43.1 Å². The molecule has 0 amide bonds. The normalized spacial score (nSPS) is 29.8. The van der Waals surface area contributed by atoms with Crippen LogP contribution in [-0.2, 0) is 0 Å². The highest BCUT2D eigenvalue weighted by Gasteiger charge is 2.40. The zero-order valence-corrected chi connectivity index (χ0v) is 14.3. The minimum atomic E-state index is 0.323. The minimum absolute atomic E-state index is 0.323. The van der Waals surface area contributed by atoms with Crippen molar-refractivity contribution in [2.45, 2.75) is 31.7 Å². The Morgan fingerprint density at radius 1 is 1.04 bits per heavy atom. The summed E-state index contributed by atoms with van der Waals surface area (Å²) in [6, 6.07) is 8.09. The molecule has 23 heavy (non-hydrogen) atoms. The largest absolute Gasteiger partial charge is 0.508 e. The molecule has 2 aliphatic carbocycles. The fraction of sp³-hybridized carbons (Fsp3) is 0.611. The van der Waals surface area contributed by atoms with Gasteiger partial charge in [-0.1, -0.05) is 6.42 Å². The van der Waals surface area contributed by atoms with Crippen molar-refractivity contribution in [1.82, 2.24) is 10.2 Å². The highest BCUT2D eigenvalue weighted by molar-refractivity contribution is 7.80. The molecule has 1 heterocycles. The summed E-state index contributed by atoms with van der Waals surface area (Å²) < 4.78 is 0. The summed E-state index contributed by atoms with van der Waals surface area (Å²) in [6.07, 6.45) is 5.55. The lowest BCUT2D eigenvalue weighted by Crippen LogP contribution is -2.54. The maximum Gasteiger partial charge on any atom is 0.169 e. The van der Waals surface area contributed by atoms with Gasteiger partial charge in [0.2, 0.25) is 0 Å². The smallest absolute Gasteiger partial charge is 0.169 e. The molecule has 1 saturated heterocycles. The molecular formula is C18H25N3OS. The lowest BCUT2D eigenvalue weighted by atomic mass is 9.95. The number of nitrogens with one attached hydrogen (secondary N) is 1. The zero-order chi connectivity index (χ0) is 15.8. The van der Waals surface area contributed by atoms with E-state index >= 15 is 0 Å². The SMILES string of the molecule is Oc1ccc(N2CCN(C(=S)N[C@@H]3C[C@@H]4CC[C@@H]3C4)CC2)cc1. The van der Waals surface area contributed by atoms with Crippen LogP contribution in [0.2, 0.25) is 0 Å². The van der Waals surface area contributed by atoms with E-state index in [1.807, 2.05) is 12.1 Å². The van der Waals surface area contributed by atoms with Gasteiger partial charge in [0.15, 0.2) is 5.11 Å². The number of rotatable bonds is 2. The van der Waals surface area contributed by atoms with Gasteiger partial charge in [-0.2, -0.15) is 0 Å². The molecule has 4 rings (SSSR count). The Morgan fingerprint density at radius 3 is 2.39 bits per heavy atom. The van der Waals surface area contributed by atoms with Gasteiger partial charge in [0.05, 0.1) is 0 Å². The van der Waals surface area contributed by atoms with Crippen molar-refractivity contribution in [2.75, 3.05) is 31.1 Å². The predicted octanol–water partition coefficient (Wildman–Crippen LogP) is 2.58. The summed E-state index contributed by atoms with van der Waals surface area (Å²) in [6.45, 7) is 3.88. The molecule has 1 aromatic rings. The Kier molecular flexibility index (Phi) is 4.05. The van der Waals surface area contributed by atoms with E-state index in [2.05, 4.69) is 15.1 Å². The number of piperazine rings is 1. The lowest BCUT2D eigenvalue weighted by Gasteiger charge is -2.38. The lowest BCUT2D eigenvalue weighted by molar-refractivity contribution is 0.345. The van der Waals surface area contributed by atoms with E-state index < -0.39 is 0 Å². The van der Waals surface area contributed by atoms with E-state index in [1.54, 1.807) is 12.1 Å². The molecular weight excluding hydrogens is 306 g/mol. The first-order valence-corrected chi connectivity index (χ1v) is 9.19. The van der Waals surface area contributed by atoms with Crippen molar-refractivity contribution < 1.29 is 5.11 Å². The van der Waals surface area contributed by atoms with Crippen LogP contribution in [0.25, 0.3) is 0 Å². The van der Waals surface area contributed by atoms with E-state index in [4.69, 9.17) is 12.2 Å². The molecule has 124 valence electrons. The second-order valence-electron chi connectivity index (χ2n) is 7.22. The van der Waals surface area contributed by atoms with Crippen LogP contribution in [0.1, 0.15) is 25.7 Å². The van der Waals surface area contributed by atoms with Gasteiger partial charge in [-0.05, 0) is 67.6 Å². The average molecular weight is 331 g/mol. The summed E-state index contributed by atoms with van der Waals surface area (Å²) >= 11 is 5.66. The highest BCUT2D eigenvalue weighted by atomic mass is 32.1. The van der Waals surface area contributed by atoms with Crippen molar-refractivity contribution in [3.8, 4) is 5.75 Å². The third-order valence-corrected chi connectivity index (χ3v) is 6.20. The number of anilines is 1. The number of fused-ring (bicyclic) bond motifs is 2. The first kappa shape index (κ1) is 15.1. The molecule has 4 nitrogen and oxygen atoms in total. The quantitative estimate of drug-likeness (QED) is 0.815. The first-order chi connectivity index (χ1) is 11.2. The fourth-order valence-electron chi connectivity index (χ4n) is 4.50. The van der Waals surface area contributed by atoms with Gasteiger partial charge in [-0.15, -0.1) is 0 Å². The molecule has 0 aromatic heterocycles. The van der Waals surface area contributed by atoms with Crippen LogP contribution in [0.15, 0.2) is 24.3 Å². The topological polar surface area (TPSA) is 38.7 Å². The molecule has 0 spiro atoms. The van der Waals surface area contributed by atoms with Gasteiger partial charge < -0.3 is 20.2 Å². The number of nitrogens with zero attached hydrogens (tertiary/aromatic N) is 2. The van der Waals surface area contributed by atoms with Crippen LogP contribution in [-0.4, -0.2) is 47.3 Å². The van der Waals surface area contributed by atoms with Crippen LogP contribution in [0, 0.1) is 11.8 Å². The second kappa shape index (κ2) is 6.19. The van der Waals surface area contributed by atoms with Crippen molar-refractivity contribution in [1.29, 1.82) is 0 Å². The first-order valence-electron chi connectivity index (χ1n) is 8.78. The zero-order valence-electron chi connectivity index (χ0n) is 13.4. The van der Waals surface area contributed by atoms with E-state index in [-0.39, 0.29) is 0 Å². The van der Waals surface area contributed by atoms with Gasteiger partial charge >= 0.3 is 0 Å². The molecule has 2 bridgehead atoms. The van der Waals surface area contributed by atoms with Crippen molar-refractivity contribution in [3.05, 3.63) is 24.3 Å². The molecule has 0 radical (unpaired) electrons. The summed E-state index contributed by atoms with van der Waals surface area (Å²) in [4.78, 5) is 4.67. The molecule has 2 N–H and O–H groups in total. The molecule has 1 aromatic carbocycles. The molecule has 5 heteroatoms. The molecule has 1 aliphatic heterocycles. The number of benzene rings is 1. The third-order valence-electron chi connectivity index (χ3n) is 5.83. The van der Waals surface area contributed by atoms with E-state index in [0.29, 0.717) is 11.8 Å². The second-order valence-corrected chi connectivity index (χ2v) is 7.61. The van der Waals surface area contributed by atoms with Crippen LogP contribution in [0.4, 0.5) is 5.69 Å². The Balaban J connectivity index is 1.29. The summed E-state index contributed by atoms with van der Waals surface area (Å²) in [5, 5.41) is 14.0. The van der Waals surface area contributed by atoms with Crippen molar-refractivity contribution in [2.24, 2.45) is 11.8 Å². The Morgan fingerprint density at radius 2 is 1.78 bits per heavy atom. The standard InChI is InChI=1S/C18H25N3OS/c22-16-5-3-15(4-6-16)20-7-9-21(10-8-20)18(23)19-17-12-13-1-2-14(17)11-13/h3-6,13-14,17,22H,1-2,7-12H2,(H,19,23)/t13-,14-,17-/m1/s1. The summed E-state index contributed by atoms with van der Waals surface area (Å²) in [7, 11) is 0. The number of phenolic OH excluding ortho intramolecular Hbond substituents is 1. The maximum absolute atomic E-state index is 9.40. The molecule has 3 fully saturated rings. The molecule has 2 saturated carbocycles. The Bertz CT molecular complexity index is 568. The Labute approximate surface area is 143 Å². The number of hydrogen-bond donors (Lipinski definition) is 2. The van der Waals surface area contributed by atoms with Crippen LogP contribution < -0.4 is 10.2 Å². The predicted molar refractivity (Wildman–Crippen MR) is 96.9 cm³/mol. The third kappa shape index (κ3) is 3.11. The highest BCUT2D eigenvalue weighted by Crippen LogP contribution is 2.44. The minimum Gasteiger partial charge on any atom is -0.508 e. The van der Waals surface area contributed by atoms with Gasteiger partial charge in [0.25, 0.3) is 0 Å². The van der Waals surface area contributed by atoms with Crippen LogP contribution >= 0.6 is 12.2 Å². The van der Waals surface area contributed by atoms with Crippen LogP contribution in [0.5, 0.6) is 5.75 Å². The van der Waals surface area contributed by atoms with E-state index in [1.165, 1.54) is 31.4 Å². The molecule has 0 unspecified atom stereocenters. The molecule has 3 atom stereocenters. The Hall–Kier alpha value is -1.49. The number of aromatic hydroxyl groups is 1. The number of thiocarbonyl (C=S) groups is 1. The van der Waals surface area contributed by atoms with Crippen molar-refractivity contribution >= 4 is 23.0 Å². The molecule has 3 aliphatic rings. The maximum atomic E-state index is 9.40. The average Bonchev–Trinajstić information content (AvgIpc) is 3.18. The van der Waals surface area contributed by atoms with Gasteiger partial charge in [-0.25, -0.2) is 0 Å². The summed E-state index contributed by atoms with van der Waals surface area (Å²) in [5.74, 6) is 2.13. The van der Waals surface area contributed by atoms with Crippen LogP contribution in [0.3, 0.4) is 0 Å². The number of phenols is 1. The van der Waals surface area contributed by atoms with Gasteiger partial charge in [0.1, 0.15) is 5.75 Å².